The van der Waals surface area contributed by atoms with Crippen LogP contribution in [0, 0.1) is 0 Å². The fourth-order valence-corrected chi connectivity index (χ4v) is 6.49. The van der Waals surface area contributed by atoms with Gasteiger partial charge in [0.25, 0.3) is 15.9 Å². The van der Waals surface area contributed by atoms with Gasteiger partial charge in [-0.1, -0.05) is 50.2 Å². The molecule has 33 heavy (non-hydrogen) atoms. The Labute approximate surface area is 199 Å². The zero-order chi connectivity index (χ0) is 23.4. The molecular weight excluding hydrogens is 456 g/mol. The minimum absolute atomic E-state index is 0.142. The lowest BCUT2D eigenvalue weighted by Gasteiger charge is -2.25. The van der Waals surface area contributed by atoms with Crippen molar-refractivity contribution in [2.45, 2.75) is 30.5 Å². The summed E-state index contributed by atoms with van der Waals surface area (Å²) in [4.78, 5) is 13.4. The van der Waals surface area contributed by atoms with Gasteiger partial charge < -0.3 is 10.1 Å². The number of thiophene rings is 1. The van der Waals surface area contributed by atoms with E-state index in [0.29, 0.717) is 48.5 Å². The zero-order valence-corrected chi connectivity index (χ0v) is 20.4. The second-order valence-corrected chi connectivity index (χ2v) is 11.5. The number of benzene rings is 2. The van der Waals surface area contributed by atoms with Crippen molar-refractivity contribution in [2.75, 3.05) is 26.3 Å². The van der Waals surface area contributed by atoms with Crippen molar-refractivity contribution in [3.05, 3.63) is 77.4 Å². The summed E-state index contributed by atoms with van der Waals surface area (Å²) in [5.41, 5.74) is 3.77. The average molecular weight is 485 g/mol. The minimum Gasteiger partial charge on any atom is -0.379 e. The van der Waals surface area contributed by atoms with Crippen molar-refractivity contribution in [3.63, 3.8) is 0 Å². The number of amides is 1. The number of sulfonamides is 1. The van der Waals surface area contributed by atoms with Gasteiger partial charge in [0.1, 0.15) is 4.21 Å². The molecule has 0 unspecified atom stereocenters. The number of carbonyl (C=O) groups excluding carboxylic acids is 1. The van der Waals surface area contributed by atoms with Crippen molar-refractivity contribution in [1.29, 1.82) is 0 Å². The summed E-state index contributed by atoms with van der Waals surface area (Å²) in [6.45, 7) is 6.37. The monoisotopic (exact) mass is 484 g/mol. The molecule has 1 saturated heterocycles. The summed E-state index contributed by atoms with van der Waals surface area (Å²) in [5.74, 6) is 0.335. The molecule has 0 atom stereocenters. The third kappa shape index (κ3) is 5.52. The minimum atomic E-state index is -3.50. The molecule has 1 aliphatic heterocycles. The van der Waals surface area contributed by atoms with Crippen LogP contribution in [0.4, 0.5) is 0 Å². The maximum Gasteiger partial charge on any atom is 0.252 e. The Bertz CT molecular complexity index is 1190. The number of ether oxygens (including phenoxy) is 1. The van der Waals surface area contributed by atoms with Crippen molar-refractivity contribution >= 4 is 27.3 Å². The zero-order valence-electron chi connectivity index (χ0n) is 18.8. The van der Waals surface area contributed by atoms with Gasteiger partial charge >= 0.3 is 0 Å². The molecule has 6 nitrogen and oxygen atoms in total. The van der Waals surface area contributed by atoms with Crippen LogP contribution < -0.4 is 5.32 Å². The predicted octanol–water partition coefficient (Wildman–Crippen LogP) is 4.49. The van der Waals surface area contributed by atoms with Crippen molar-refractivity contribution in [2.24, 2.45) is 0 Å². The number of hydrogen-bond donors (Lipinski definition) is 1. The Hall–Kier alpha value is -2.52. The lowest BCUT2D eigenvalue weighted by molar-refractivity contribution is 0.0731. The first-order valence-electron chi connectivity index (χ1n) is 11.0. The number of morpholine rings is 1. The second-order valence-electron chi connectivity index (χ2n) is 8.29. The number of nitrogens with one attached hydrogen (secondary N) is 1. The van der Waals surface area contributed by atoms with Crippen LogP contribution in [-0.4, -0.2) is 44.9 Å². The molecule has 4 rings (SSSR count). The summed E-state index contributed by atoms with van der Waals surface area (Å²) < 4.78 is 32.7. The van der Waals surface area contributed by atoms with Gasteiger partial charge in [0, 0.05) is 30.1 Å². The summed E-state index contributed by atoms with van der Waals surface area (Å²) in [6.07, 6.45) is 0. The van der Waals surface area contributed by atoms with E-state index in [1.807, 2.05) is 30.3 Å². The summed E-state index contributed by atoms with van der Waals surface area (Å²) >= 11 is 1.24. The van der Waals surface area contributed by atoms with E-state index in [1.54, 1.807) is 18.2 Å². The van der Waals surface area contributed by atoms with E-state index in [0.717, 1.165) is 16.0 Å². The van der Waals surface area contributed by atoms with Crippen molar-refractivity contribution in [3.8, 4) is 10.4 Å². The lowest BCUT2D eigenvalue weighted by atomic mass is 10.0. The van der Waals surface area contributed by atoms with Gasteiger partial charge in [-0.15, -0.1) is 11.3 Å². The maximum atomic E-state index is 12.8. The van der Waals surface area contributed by atoms with Crippen LogP contribution in [0.1, 0.15) is 41.3 Å². The Morgan fingerprint density at radius 2 is 1.67 bits per heavy atom. The SMILES string of the molecule is CC(C)c1ccc(CNC(=O)c2ccc(-c3ccc(S(=O)(=O)N4CCOCC4)s3)cc2)cc1. The van der Waals surface area contributed by atoms with E-state index in [1.165, 1.54) is 21.2 Å². The number of nitrogens with zero attached hydrogens (tertiary/aromatic N) is 1. The van der Waals surface area contributed by atoms with E-state index < -0.39 is 10.0 Å². The molecule has 0 bridgehead atoms. The van der Waals surface area contributed by atoms with E-state index in [9.17, 15) is 13.2 Å². The van der Waals surface area contributed by atoms with Crippen LogP contribution in [0.25, 0.3) is 10.4 Å². The average Bonchev–Trinajstić information content (AvgIpc) is 3.35. The topological polar surface area (TPSA) is 75.7 Å². The molecule has 0 spiro atoms. The molecule has 3 aromatic rings. The lowest BCUT2D eigenvalue weighted by Crippen LogP contribution is -2.40. The largest absolute Gasteiger partial charge is 0.379 e. The van der Waals surface area contributed by atoms with Crippen LogP contribution in [0.15, 0.2) is 64.9 Å². The van der Waals surface area contributed by atoms with Crippen LogP contribution in [0.2, 0.25) is 0 Å². The van der Waals surface area contributed by atoms with Gasteiger partial charge in [-0.3, -0.25) is 4.79 Å². The van der Waals surface area contributed by atoms with Gasteiger partial charge in [0.15, 0.2) is 0 Å². The summed E-state index contributed by atoms with van der Waals surface area (Å²) in [5, 5.41) is 2.95. The van der Waals surface area contributed by atoms with Crippen LogP contribution >= 0.6 is 11.3 Å². The Morgan fingerprint density at radius 1 is 1.00 bits per heavy atom. The molecular formula is C25H28N2O4S2. The number of rotatable bonds is 7. The summed E-state index contributed by atoms with van der Waals surface area (Å²) in [7, 11) is -3.50. The highest BCUT2D eigenvalue weighted by Crippen LogP contribution is 2.32. The first-order valence-corrected chi connectivity index (χ1v) is 13.3. The molecule has 1 aromatic heterocycles. The third-order valence-electron chi connectivity index (χ3n) is 5.68. The first kappa shape index (κ1) is 23.6. The Kier molecular flexibility index (Phi) is 7.29. The fraction of sp³-hybridized carbons (Fsp3) is 0.320. The molecule has 0 radical (unpaired) electrons. The van der Waals surface area contributed by atoms with Crippen LogP contribution in [0.5, 0.6) is 0 Å². The van der Waals surface area contributed by atoms with E-state index in [2.05, 4.69) is 31.3 Å². The third-order valence-corrected chi connectivity index (χ3v) is 9.18. The van der Waals surface area contributed by atoms with Gasteiger partial charge in [0.2, 0.25) is 0 Å². The standard InChI is InChI=1S/C25H28N2O4S2/c1-18(2)20-5-3-19(4-6-20)17-26-25(28)22-9-7-21(8-10-22)23-11-12-24(32-23)33(29,30)27-13-15-31-16-14-27/h3-12,18H,13-17H2,1-2H3,(H,26,28). The first-order chi connectivity index (χ1) is 15.8. The molecule has 8 heteroatoms. The highest BCUT2D eigenvalue weighted by molar-refractivity contribution is 7.91. The molecule has 1 amide bonds. The molecule has 174 valence electrons. The highest BCUT2D eigenvalue weighted by atomic mass is 32.2. The fourth-order valence-electron chi connectivity index (χ4n) is 3.62. The van der Waals surface area contributed by atoms with Gasteiger partial charge in [-0.25, -0.2) is 8.42 Å². The molecule has 0 saturated carbocycles. The molecule has 1 aliphatic rings. The number of hydrogen-bond acceptors (Lipinski definition) is 5. The molecule has 0 aliphatic carbocycles. The second kappa shape index (κ2) is 10.2. The smallest absolute Gasteiger partial charge is 0.252 e. The van der Waals surface area contributed by atoms with Crippen molar-refractivity contribution in [1.82, 2.24) is 9.62 Å². The Morgan fingerprint density at radius 3 is 2.30 bits per heavy atom. The van der Waals surface area contributed by atoms with E-state index in [-0.39, 0.29) is 5.91 Å². The quantitative estimate of drug-likeness (QED) is 0.536. The van der Waals surface area contributed by atoms with Gasteiger partial charge in [-0.05, 0) is 46.9 Å². The van der Waals surface area contributed by atoms with Gasteiger partial charge in [0.05, 0.1) is 13.2 Å². The molecule has 2 heterocycles. The number of carbonyl (C=O) groups is 1. The Balaban J connectivity index is 1.39. The maximum absolute atomic E-state index is 12.8. The van der Waals surface area contributed by atoms with Crippen molar-refractivity contribution < 1.29 is 17.9 Å². The van der Waals surface area contributed by atoms with E-state index >= 15 is 0 Å². The van der Waals surface area contributed by atoms with Crippen LogP contribution in [-0.2, 0) is 21.3 Å². The van der Waals surface area contributed by atoms with Crippen LogP contribution in [0.3, 0.4) is 0 Å². The van der Waals surface area contributed by atoms with E-state index in [4.69, 9.17) is 4.74 Å². The molecule has 2 aromatic carbocycles. The molecule has 1 fully saturated rings. The normalized spacial score (nSPS) is 15.0. The van der Waals surface area contributed by atoms with Gasteiger partial charge in [-0.2, -0.15) is 4.31 Å². The predicted molar refractivity (Wildman–Crippen MR) is 131 cm³/mol. The highest BCUT2D eigenvalue weighted by Gasteiger charge is 2.27. The summed E-state index contributed by atoms with van der Waals surface area (Å²) in [6, 6.07) is 19.0. The molecule has 1 N–H and O–H groups in total.